The number of piperidine rings is 1. The van der Waals surface area contributed by atoms with E-state index in [9.17, 15) is 0 Å². The topological polar surface area (TPSA) is 26.1 Å². The molecule has 1 radical (unpaired) electrons. The Kier molecular flexibility index (Phi) is 2.44. The van der Waals surface area contributed by atoms with Crippen molar-refractivity contribution in [3.63, 3.8) is 0 Å². The quantitative estimate of drug-likeness (QED) is 0.546. The number of nitrogens with one attached hydrogen (secondary N) is 1. The van der Waals surface area contributed by atoms with Crippen LogP contribution in [0.2, 0.25) is 0 Å². The van der Waals surface area contributed by atoms with E-state index in [0.29, 0.717) is 0 Å². The van der Waals surface area contributed by atoms with Crippen LogP contribution < -0.4 is 10.6 Å². The van der Waals surface area contributed by atoms with Crippen molar-refractivity contribution >= 4 is 0 Å². The monoisotopic (exact) mass is 153 g/mol. The molecule has 0 amide bonds. The molecule has 2 heterocycles. The molecule has 2 rings (SSSR count). The molecule has 0 saturated carbocycles. The fourth-order valence-electron chi connectivity index (χ4n) is 2.23. The number of hydrogen-bond acceptors (Lipinski definition) is 1. The summed E-state index contributed by atoms with van der Waals surface area (Å²) in [5, 5.41) is 8.03. The van der Waals surface area contributed by atoms with Gasteiger partial charge in [0.25, 0.3) is 0 Å². The van der Waals surface area contributed by atoms with Gasteiger partial charge in [0.15, 0.2) is 0 Å². The third-order valence-electron chi connectivity index (χ3n) is 2.96. The number of fused-ring (bicyclic) bond motifs is 1. The highest BCUT2D eigenvalue weighted by Crippen LogP contribution is 2.22. The van der Waals surface area contributed by atoms with Gasteiger partial charge in [0, 0.05) is 19.1 Å². The molecule has 2 saturated heterocycles. The standard InChI is InChI=1S/C9H17N2/c1-2-5-11-9-7-10-6-4-8(9)3-1/h8-9,11H,1-7H2. The summed E-state index contributed by atoms with van der Waals surface area (Å²) >= 11 is 0. The van der Waals surface area contributed by atoms with Crippen molar-refractivity contribution in [1.29, 1.82) is 0 Å². The highest BCUT2D eigenvalue weighted by molar-refractivity contribution is 4.84. The Morgan fingerprint density at radius 3 is 3.18 bits per heavy atom. The smallest absolute Gasteiger partial charge is 0.0290 e. The molecule has 2 fully saturated rings. The minimum Gasteiger partial charge on any atom is -0.312 e. The minimum atomic E-state index is 0.728. The van der Waals surface area contributed by atoms with Gasteiger partial charge in [-0.15, -0.1) is 0 Å². The van der Waals surface area contributed by atoms with Gasteiger partial charge in [0.1, 0.15) is 0 Å². The highest BCUT2D eigenvalue weighted by Gasteiger charge is 2.25. The summed E-state index contributed by atoms with van der Waals surface area (Å²) in [6, 6.07) is 0.728. The van der Waals surface area contributed by atoms with Crippen molar-refractivity contribution in [3.8, 4) is 0 Å². The zero-order valence-electron chi connectivity index (χ0n) is 7.05. The average Bonchev–Trinajstić information content (AvgIpc) is 2.28. The van der Waals surface area contributed by atoms with Crippen molar-refractivity contribution in [2.45, 2.75) is 31.7 Å². The molecule has 2 aliphatic heterocycles. The summed E-state index contributed by atoms with van der Waals surface area (Å²) in [6.07, 6.45) is 5.56. The van der Waals surface area contributed by atoms with Crippen molar-refractivity contribution in [2.24, 2.45) is 5.92 Å². The molecule has 1 N–H and O–H groups in total. The van der Waals surface area contributed by atoms with Crippen LogP contribution in [0.3, 0.4) is 0 Å². The Morgan fingerprint density at radius 2 is 2.18 bits per heavy atom. The SMILES string of the molecule is C1CCC2CC[N]CC2NC1. The van der Waals surface area contributed by atoms with E-state index in [1.807, 2.05) is 0 Å². The molecule has 2 unspecified atom stereocenters. The predicted molar refractivity (Wildman–Crippen MR) is 45.6 cm³/mol. The fourth-order valence-corrected chi connectivity index (χ4v) is 2.23. The van der Waals surface area contributed by atoms with E-state index in [0.717, 1.165) is 25.0 Å². The molecule has 0 spiro atoms. The number of nitrogens with zero attached hydrogens (tertiary/aromatic N) is 1. The van der Waals surface area contributed by atoms with Gasteiger partial charge in [-0.3, -0.25) is 0 Å². The predicted octanol–water partition coefficient (Wildman–Crippen LogP) is 0.753. The van der Waals surface area contributed by atoms with Crippen LogP contribution in [0.1, 0.15) is 25.7 Å². The molecule has 2 heteroatoms. The van der Waals surface area contributed by atoms with Crippen molar-refractivity contribution < 1.29 is 0 Å². The first-order chi connectivity index (χ1) is 5.47. The van der Waals surface area contributed by atoms with E-state index < -0.39 is 0 Å². The third kappa shape index (κ3) is 1.74. The molecule has 2 aliphatic rings. The van der Waals surface area contributed by atoms with Crippen LogP contribution in [0.5, 0.6) is 0 Å². The van der Waals surface area contributed by atoms with Crippen LogP contribution in [0.25, 0.3) is 0 Å². The maximum Gasteiger partial charge on any atom is 0.0290 e. The second kappa shape index (κ2) is 3.55. The summed E-state index contributed by atoms with van der Waals surface area (Å²) in [5.74, 6) is 0.940. The van der Waals surface area contributed by atoms with Crippen molar-refractivity contribution in [1.82, 2.24) is 10.6 Å². The zero-order chi connectivity index (χ0) is 7.52. The highest BCUT2D eigenvalue weighted by atomic mass is 15.0. The van der Waals surface area contributed by atoms with Gasteiger partial charge in [-0.05, 0) is 31.7 Å². The molecule has 63 valence electrons. The summed E-state index contributed by atoms with van der Waals surface area (Å²) in [5.41, 5.74) is 0. The van der Waals surface area contributed by atoms with Crippen LogP contribution in [-0.2, 0) is 0 Å². The van der Waals surface area contributed by atoms with E-state index >= 15 is 0 Å². The van der Waals surface area contributed by atoms with E-state index in [4.69, 9.17) is 0 Å². The summed E-state index contributed by atoms with van der Waals surface area (Å²) in [4.78, 5) is 0. The third-order valence-corrected chi connectivity index (χ3v) is 2.96. The molecule has 0 aromatic heterocycles. The first-order valence-corrected chi connectivity index (χ1v) is 4.83. The van der Waals surface area contributed by atoms with Crippen molar-refractivity contribution in [2.75, 3.05) is 19.6 Å². The van der Waals surface area contributed by atoms with Crippen LogP contribution in [0.15, 0.2) is 0 Å². The van der Waals surface area contributed by atoms with Crippen molar-refractivity contribution in [3.05, 3.63) is 0 Å². The Hall–Kier alpha value is -0.0800. The lowest BCUT2D eigenvalue weighted by atomic mass is 9.89. The van der Waals surface area contributed by atoms with Crippen LogP contribution >= 0.6 is 0 Å². The van der Waals surface area contributed by atoms with E-state index in [1.165, 1.54) is 32.2 Å². The summed E-state index contributed by atoms with van der Waals surface area (Å²) in [6.45, 7) is 3.41. The molecular weight excluding hydrogens is 136 g/mol. The lowest BCUT2D eigenvalue weighted by molar-refractivity contribution is 0.280. The maximum atomic E-state index is 4.44. The lowest BCUT2D eigenvalue weighted by Crippen LogP contribution is -2.45. The van der Waals surface area contributed by atoms with E-state index in [1.54, 1.807) is 0 Å². The summed E-state index contributed by atoms with van der Waals surface area (Å²) < 4.78 is 0. The molecule has 2 atom stereocenters. The Bertz CT molecular complexity index is 111. The molecule has 0 bridgehead atoms. The van der Waals surface area contributed by atoms with Gasteiger partial charge in [0.2, 0.25) is 0 Å². The van der Waals surface area contributed by atoms with E-state index in [2.05, 4.69) is 10.6 Å². The second-order valence-electron chi connectivity index (χ2n) is 3.73. The second-order valence-corrected chi connectivity index (χ2v) is 3.73. The van der Waals surface area contributed by atoms with Gasteiger partial charge >= 0.3 is 0 Å². The molecule has 11 heavy (non-hydrogen) atoms. The molecule has 0 aromatic rings. The minimum absolute atomic E-state index is 0.728. The van der Waals surface area contributed by atoms with Gasteiger partial charge < -0.3 is 5.32 Å². The van der Waals surface area contributed by atoms with Crippen LogP contribution in [0, 0.1) is 5.92 Å². The Morgan fingerprint density at radius 1 is 1.18 bits per heavy atom. The Labute approximate surface area is 68.7 Å². The number of rotatable bonds is 0. The summed E-state index contributed by atoms with van der Waals surface area (Å²) in [7, 11) is 0. The fraction of sp³-hybridized carbons (Fsp3) is 1.00. The molecule has 2 nitrogen and oxygen atoms in total. The average molecular weight is 153 g/mol. The Balaban J connectivity index is 1.93. The normalized spacial score (nSPS) is 39.3. The lowest BCUT2D eigenvalue weighted by Gasteiger charge is -2.29. The van der Waals surface area contributed by atoms with Gasteiger partial charge in [-0.2, -0.15) is 0 Å². The van der Waals surface area contributed by atoms with Gasteiger partial charge in [0.05, 0.1) is 0 Å². The first-order valence-electron chi connectivity index (χ1n) is 4.83. The van der Waals surface area contributed by atoms with Crippen LogP contribution in [0.4, 0.5) is 0 Å². The zero-order valence-corrected chi connectivity index (χ0v) is 7.05. The van der Waals surface area contributed by atoms with E-state index in [-0.39, 0.29) is 0 Å². The maximum absolute atomic E-state index is 4.44. The molecule has 0 aliphatic carbocycles. The number of hydrogen-bond donors (Lipinski definition) is 1. The first kappa shape index (κ1) is 7.56. The largest absolute Gasteiger partial charge is 0.312 e. The molecular formula is C9H17N2. The van der Waals surface area contributed by atoms with Gasteiger partial charge in [-0.1, -0.05) is 6.42 Å². The van der Waals surface area contributed by atoms with Crippen LogP contribution in [-0.4, -0.2) is 25.7 Å². The van der Waals surface area contributed by atoms with Gasteiger partial charge in [-0.25, -0.2) is 5.32 Å². The molecule has 0 aromatic carbocycles.